The van der Waals surface area contributed by atoms with Crippen molar-refractivity contribution in [2.75, 3.05) is 23.8 Å². The van der Waals surface area contributed by atoms with E-state index >= 15 is 0 Å². The fourth-order valence-corrected chi connectivity index (χ4v) is 5.53. The van der Waals surface area contributed by atoms with E-state index in [4.69, 9.17) is 21.1 Å². The molecular formula is C33H26BrClFN5O4S. The zero-order valence-electron chi connectivity index (χ0n) is 24.2. The minimum Gasteiger partial charge on any atom is -0.490 e. The van der Waals surface area contributed by atoms with Gasteiger partial charge in [-0.15, -0.1) is 11.3 Å². The van der Waals surface area contributed by atoms with Crippen molar-refractivity contribution in [3.8, 4) is 22.8 Å². The van der Waals surface area contributed by atoms with E-state index in [0.29, 0.717) is 38.7 Å². The molecular weight excluding hydrogens is 697 g/mol. The van der Waals surface area contributed by atoms with Crippen LogP contribution in [0.1, 0.15) is 22.8 Å². The number of para-hydroxylation sites is 1. The Kier molecular flexibility index (Phi) is 11.0. The standard InChI is InChI=1S/C33H26BrClFN5O4S/c1-2-44-29-16-20(15-25(34)31(29)45-18-30(42)39-27-6-4-3-5-26(27)36)17-37-41-32(43)22-9-7-21(8-10-22)28-19-46-33(40-28)38-24-13-11-23(35)12-14-24/h3-17,19H,2,18H2,1H3,(H,38,40)(H,39,42)(H,41,43)/b37-17-. The fourth-order valence-electron chi connectivity index (χ4n) is 4.09. The zero-order valence-corrected chi connectivity index (χ0v) is 27.4. The summed E-state index contributed by atoms with van der Waals surface area (Å²) in [5.41, 5.74) is 6.12. The van der Waals surface area contributed by atoms with Gasteiger partial charge in [-0.2, -0.15) is 5.10 Å². The molecule has 0 unspecified atom stereocenters. The van der Waals surface area contributed by atoms with Gasteiger partial charge in [0, 0.05) is 27.2 Å². The number of benzene rings is 4. The minimum absolute atomic E-state index is 0.0570. The van der Waals surface area contributed by atoms with Crippen LogP contribution in [0.15, 0.2) is 99.9 Å². The maximum absolute atomic E-state index is 13.9. The van der Waals surface area contributed by atoms with Gasteiger partial charge in [-0.3, -0.25) is 9.59 Å². The van der Waals surface area contributed by atoms with E-state index in [1.165, 1.54) is 35.8 Å². The molecule has 0 spiro atoms. The third-order valence-electron chi connectivity index (χ3n) is 6.25. The molecule has 0 radical (unpaired) electrons. The summed E-state index contributed by atoms with van der Waals surface area (Å²) in [7, 11) is 0. The highest BCUT2D eigenvalue weighted by Gasteiger charge is 2.15. The second-order valence-corrected chi connectivity index (χ2v) is 11.7. The Hall–Kier alpha value is -4.78. The van der Waals surface area contributed by atoms with Crippen LogP contribution in [0.25, 0.3) is 11.3 Å². The van der Waals surface area contributed by atoms with Crippen LogP contribution in [0.5, 0.6) is 11.5 Å². The molecule has 4 aromatic carbocycles. The number of hydrogen-bond acceptors (Lipinski definition) is 8. The molecule has 0 bridgehead atoms. The third kappa shape index (κ3) is 8.68. The highest BCUT2D eigenvalue weighted by atomic mass is 79.9. The number of nitrogens with zero attached hydrogens (tertiary/aromatic N) is 2. The van der Waals surface area contributed by atoms with E-state index in [2.05, 4.69) is 42.1 Å². The van der Waals surface area contributed by atoms with Crippen LogP contribution in [0.3, 0.4) is 0 Å². The number of hydrazone groups is 1. The lowest BCUT2D eigenvalue weighted by molar-refractivity contribution is -0.118. The first-order chi connectivity index (χ1) is 22.3. The molecule has 3 N–H and O–H groups in total. The van der Waals surface area contributed by atoms with Crippen LogP contribution in [0.4, 0.5) is 20.9 Å². The van der Waals surface area contributed by atoms with Gasteiger partial charge in [-0.1, -0.05) is 35.9 Å². The molecule has 46 heavy (non-hydrogen) atoms. The largest absolute Gasteiger partial charge is 0.490 e. The Morgan fingerprint density at radius 1 is 1.04 bits per heavy atom. The van der Waals surface area contributed by atoms with Crippen LogP contribution in [0, 0.1) is 5.82 Å². The Labute approximate surface area is 281 Å². The van der Waals surface area contributed by atoms with Crippen molar-refractivity contribution in [1.29, 1.82) is 0 Å². The normalized spacial score (nSPS) is 10.9. The van der Waals surface area contributed by atoms with Crippen molar-refractivity contribution >= 4 is 73.4 Å². The van der Waals surface area contributed by atoms with E-state index in [1.807, 2.05) is 29.6 Å². The van der Waals surface area contributed by atoms with Gasteiger partial charge in [0.15, 0.2) is 23.2 Å². The van der Waals surface area contributed by atoms with Crippen LogP contribution in [0.2, 0.25) is 5.02 Å². The first-order valence-electron chi connectivity index (χ1n) is 13.8. The molecule has 0 fully saturated rings. The third-order valence-corrected chi connectivity index (χ3v) is 7.85. The van der Waals surface area contributed by atoms with Gasteiger partial charge in [-0.25, -0.2) is 14.8 Å². The van der Waals surface area contributed by atoms with Crippen molar-refractivity contribution in [3.05, 3.63) is 117 Å². The summed E-state index contributed by atoms with van der Waals surface area (Å²) in [5, 5.41) is 13.1. The van der Waals surface area contributed by atoms with Gasteiger partial charge in [0.1, 0.15) is 5.82 Å². The molecule has 0 aliphatic heterocycles. The summed E-state index contributed by atoms with van der Waals surface area (Å²) in [4.78, 5) is 29.7. The van der Waals surface area contributed by atoms with Gasteiger partial charge < -0.3 is 20.1 Å². The topological polar surface area (TPSA) is 114 Å². The number of hydrogen-bond donors (Lipinski definition) is 3. The van der Waals surface area contributed by atoms with Crippen molar-refractivity contribution in [2.24, 2.45) is 5.10 Å². The molecule has 1 heterocycles. The van der Waals surface area contributed by atoms with Gasteiger partial charge in [-0.05, 0) is 89.1 Å². The molecule has 234 valence electrons. The van der Waals surface area contributed by atoms with Crippen LogP contribution in [-0.2, 0) is 4.79 Å². The number of carbonyl (C=O) groups is 2. The Morgan fingerprint density at radius 2 is 1.80 bits per heavy atom. The van der Waals surface area contributed by atoms with E-state index in [0.717, 1.165) is 22.1 Å². The fraction of sp³-hybridized carbons (Fsp3) is 0.0909. The highest BCUT2D eigenvalue weighted by Crippen LogP contribution is 2.36. The lowest BCUT2D eigenvalue weighted by atomic mass is 10.1. The number of ether oxygens (including phenoxy) is 2. The summed E-state index contributed by atoms with van der Waals surface area (Å²) in [6.45, 7) is 1.76. The second kappa shape index (κ2) is 15.5. The Bertz CT molecular complexity index is 1870. The predicted molar refractivity (Wildman–Crippen MR) is 183 cm³/mol. The van der Waals surface area contributed by atoms with Gasteiger partial charge in [0.05, 0.1) is 28.7 Å². The number of aromatic nitrogens is 1. The van der Waals surface area contributed by atoms with E-state index in [9.17, 15) is 14.0 Å². The quantitative estimate of drug-likeness (QED) is 0.0883. The van der Waals surface area contributed by atoms with Gasteiger partial charge in [0.2, 0.25) is 0 Å². The SMILES string of the molecule is CCOc1cc(/C=N\NC(=O)c2ccc(-c3csc(Nc4ccc(Cl)cc4)n3)cc2)cc(Br)c1OCC(=O)Nc1ccccc1F. The summed E-state index contributed by atoms with van der Waals surface area (Å²) < 4.78 is 25.7. The van der Waals surface area contributed by atoms with Crippen molar-refractivity contribution < 1.29 is 23.5 Å². The molecule has 13 heteroatoms. The number of amides is 2. The van der Waals surface area contributed by atoms with E-state index in [1.54, 1.807) is 49.4 Å². The summed E-state index contributed by atoms with van der Waals surface area (Å²) in [6.07, 6.45) is 1.46. The van der Waals surface area contributed by atoms with Gasteiger partial charge in [0.25, 0.3) is 11.8 Å². The molecule has 0 atom stereocenters. The van der Waals surface area contributed by atoms with Crippen LogP contribution in [-0.4, -0.2) is 36.2 Å². The number of nitrogens with one attached hydrogen (secondary N) is 3. The van der Waals surface area contributed by atoms with E-state index < -0.39 is 17.6 Å². The summed E-state index contributed by atoms with van der Waals surface area (Å²) >= 11 is 10.9. The number of anilines is 3. The number of thiazole rings is 1. The average Bonchev–Trinajstić information content (AvgIpc) is 3.51. The molecule has 0 saturated carbocycles. The smallest absolute Gasteiger partial charge is 0.271 e. The Balaban J connectivity index is 1.17. The maximum atomic E-state index is 13.9. The predicted octanol–water partition coefficient (Wildman–Crippen LogP) is 8.29. The monoisotopic (exact) mass is 721 g/mol. The molecule has 5 rings (SSSR count). The first-order valence-corrected chi connectivity index (χ1v) is 15.9. The van der Waals surface area contributed by atoms with Crippen molar-refractivity contribution in [1.82, 2.24) is 10.4 Å². The first kappa shape index (κ1) is 32.6. The zero-order chi connectivity index (χ0) is 32.5. The second-order valence-electron chi connectivity index (χ2n) is 9.53. The Morgan fingerprint density at radius 3 is 2.54 bits per heavy atom. The van der Waals surface area contributed by atoms with E-state index in [-0.39, 0.29) is 12.3 Å². The number of carbonyl (C=O) groups excluding carboxylic acids is 2. The summed E-state index contributed by atoms with van der Waals surface area (Å²) in [5.74, 6) is -0.833. The van der Waals surface area contributed by atoms with Crippen molar-refractivity contribution in [2.45, 2.75) is 6.92 Å². The highest BCUT2D eigenvalue weighted by molar-refractivity contribution is 9.10. The molecule has 0 saturated heterocycles. The molecule has 5 aromatic rings. The van der Waals surface area contributed by atoms with Crippen molar-refractivity contribution in [3.63, 3.8) is 0 Å². The lowest BCUT2D eigenvalue weighted by Gasteiger charge is -2.14. The van der Waals surface area contributed by atoms with Crippen LogP contribution >= 0.6 is 38.9 Å². The maximum Gasteiger partial charge on any atom is 0.271 e. The molecule has 1 aromatic heterocycles. The minimum atomic E-state index is -0.548. The molecule has 0 aliphatic rings. The average molecular weight is 723 g/mol. The van der Waals surface area contributed by atoms with Crippen LogP contribution < -0.4 is 25.5 Å². The molecule has 9 nitrogen and oxygen atoms in total. The molecule has 0 aliphatic carbocycles. The number of halogens is 3. The number of rotatable bonds is 12. The molecule has 2 amide bonds. The van der Waals surface area contributed by atoms with Gasteiger partial charge >= 0.3 is 0 Å². The summed E-state index contributed by atoms with van der Waals surface area (Å²) in [6, 6.07) is 23.6. The lowest BCUT2D eigenvalue weighted by Crippen LogP contribution is -2.21.